The van der Waals surface area contributed by atoms with E-state index < -0.39 is 18.0 Å². The van der Waals surface area contributed by atoms with Crippen molar-refractivity contribution < 1.29 is 14.4 Å². The Bertz CT molecular complexity index is 1020. The smallest absolute Gasteiger partial charge is 0.347 e. The van der Waals surface area contributed by atoms with Crippen LogP contribution in [0.4, 0.5) is 10.5 Å². The Hall–Kier alpha value is -2.89. The third-order valence-electron chi connectivity index (χ3n) is 4.70. The Morgan fingerprint density at radius 1 is 1.28 bits per heavy atom. The molecule has 0 bridgehead atoms. The van der Waals surface area contributed by atoms with E-state index in [0.717, 1.165) is 30.1 Å². The lowest BCUT2D eigenvalue weighted by Crippen LogP contribution is -2.52. The molecule has 1 unspecified atom stereocenters. The zero-order chi connectivity index (χ0) is 23.3. The SMILES string of the molecule is CN1CCc2nc(C(=O)NC(CNC(=O)N=Nc3ccc(Cl)cc3)C(=O)N(C)C)sc2C1. The van der Waals surface area contributed by atoms with E-state index in [-0.39, 0.29) is 12.5 Å². The molecular weight excluding hydrogens is 454 g/mol. The quantitative estimate of drug-likeness (QED) is 0.619. The van der Waals surface area contributed by atoms with Gasteiger partial charge in [-0.2, -0.15) is 0 Å². The highest BCUT2D eigenvalue weighted by Crippen LogP contribution is 2.24. The van der Waals surface area contributed by atoms with Gasteiger partial charge in [-0.3, -0.25) is 9.59 Å². The van der Waals surface area contributed by atoms with Crippen molar-refractivity contribution in [3.8, 4) is 0 Å². The Morgan fingerprint density at radius 2 is 2.00 bits per heavy atom. The average Bonchev–Trinajstić information content (AvgIpc) is 3.18. The van der Waals surface area contributed by atoms with Crippen LogP contribution in [-0.4, -0.2) is 72.9 Å². The molecule has 3 rings (SSSR count). The molecule has 2 aromatic rings. The molecule has 12 heteroatoms. The molecule has 0 spiro atoms. The van der Waals surface area contributed by atoms with E-state index >= 15 is 0 Å². The Labute approximate surface area is 194 Å². The van der Waals surface area contributed by atoms with Gasteiger partial charge in [-0.05, 0) is 31.3 Å². The molecule has 0 radical (unpaired) electrons. The summed E-state index contributed by atoms with van der Waals surface area (Å²) >= 11 is 7.13. The molecule has 1 aliphatic rings. The van der Waals surface area contributed by atoms with Crippen molar-refractivity contribution in [2.75, 3.05) is 34.2 Å². The van der Waals surface area contributed by atoms with Gasteiger partial charge in [0.25, 0.3) is 5.91 Å². The fraction of sp³-hybridized carbons (Fsp3) is 0.400. The van der Waals surface area contributed by atoms with Crippen LogP contribution < -0.4 is 10.6 Å². The molecular formula is C20H24ClN7O3S. The van der Waals surface area contributed by atoms with Crippen molar-refractivity contribution in [1.29, 1.82) is 0 Å². The number of nitrogens with one attached hydrogen (secondary N) is 2. The summed E-state index contributed by atoms with van der Waals surface area (Å²) in [5, 5.41) is 13.4. The van der Waals surface area contributed by atoms with Crippen molar-refractivity contribution in [2.24, 2.45) is 10.2 Å². The number of hydrogen-bond donors (Lipinski definition) is 2. The number of carbonyl (C=O) groups is 3. The largest absolute Gasteiger partial charge is 0.359 e. The van der Waals surface area contributed by atoms with Gasteiger partial charge in [-0.25, -0.2) is 9.78 Å². The Kier molecular flexibility index (Phi) is 7.89. The fourth-order valence-corrected chi connectivity index (χ4v) is 4.20. The van der Waals surface area contributed by atoms with E-state index in [1.165, 1.54) is 16.2 Å². The molecule has 0 saturated heterocycles. The third kappa shape index (κ3) is 6.31. The summed E-state index contributed by atoms with van der Waals surface area (Å²) in [7, 11) is 5.16. The van der Waals surface area contributed by atoms with Gasteiger partial charge in [-0.15, -0.1) is 16.5 Å². The highest BCUT2D eigenvalue weighted by molar-refractivity contribution is 7.13. The molecule has 0 aliphatic carbocycles. The number of urea groups is 1. The topological polar surface area (TPSA) is 119 Å². The van der Waals surface area contributed by atoms with E-state index in [1.54, 1.807) is 38.4 Å². The summed E-state index contributed by atoms with van der Waals surface area (Å²) in [6.45, 7) is 1.49. The van der Waals surface area contributed by atoms with Gasteiger partial charge in [0, 0.05) is 50.1 Å². The van der Waals surface area contributed by atoms with E-state index in [9.17, 15) is 14.4 Å². The van der Waals surface area contributed by atoms with Gasteiger partial charge in [0.15, 0.2) is 5.01 Å². The maximum absolute atomic E-state index is 12.8. The predicted molar refractivity (Wildman–Crippen MR) is 121 cm³/mol. The predicted octanol–water partition coefficient (Wildman–Crippen LogP) is 2.46. The van der Waals surface area contributed by atoms with E-state index in [4.69, 9.17) is 11.6 Å². The average molecular weight is 478 g/mol. The van der Waals surface area contributed by atoms with Crippen LogP contribution in [-0.2, 0) is 17.8 Å². The molecule has 0 fully saturated rings. The summed E-state index contributed by atoms with van der Waals surface area (Å²) in [6.07, 6.45) is 0.782. The number of azo groups is 1. The van der Waals surface area contributed by atoms with Crippen LogP contribution >= 0.6 is 22.9 Å². The van der Waals surface area contributed by atoms with E-state index in [2.05, 4.69) is 30.7 Å². The maximum Gasteiger partial charge on any atom is 0.359 e. The van der Waals surface area contributed by atoms with Crippen LogP contribution in [0, 0.1) is 0 Å². The highest BCUT2D eigenvalue weighted by atomic mass is 35.5. The van der Waals surface area contributed by atoms with Crippen molar-refractivity contribution in [2.45, 2.75) is 19.0 Å². The summed E-state index contributed by atoms with van der Waals surface area (Å²) in [5.74, 6) is -0.821. The van der Waals surface area contributed by atoms with E-state index in [1.807, 2.05) is 7.05 Å². The van der Waals surface area contributed by atoms with Gasteiger partial charge in [0.2, 0.25) is 5.91 Å². The second kappa shape index (κ2) is 10.6. The first-order chi connectivity index (χ1) is 15.2. The minimum Gasteiger partial charge on any atom is -0.347 e. The van der Waals surface area contributed by atoms with Crippen LogP contribution in [0.3, 0.4) is 0 Å². The first-order valence-electron chi connectivity index (χ1n) is 9.87. The van der Waals surface area contributed by atoms with Crippen LogP contribution in [0.2, 0.25) is 5.02 Å². The molecule has 0 saturated carbocycles. The molecule has 1 aromatic heterocycles. The number of amides is 4. The van der Waals surface area contributed by atoms with Crippen LogP contribution in [0.25, 0.3) is 0 Å². The normalized spacial score (nSPS) is 14.6. The van der Waals surface area contributed by atoms with Crippen molar-refractivity contribution in [1.82, 2.24) is 25.4 Å². The number of halogens is 1. The minimum absolute atomic E-state index is 0.144. The number of benzene rings is 1. The third-order valence-corrected chi connectivity index (χ3v) is 6.03. The van der Waals surface area contributed by atoms with Crippen molar-refractivity contribution in [3.63, 3.8) is 0 Å². The second-order valence-electron chi connectivity index (χ2n) is 7.50. The number of likely N-dealkylation sites (N-methyl/N-ethyl adjacent to an activating group) is 2. The lowest BCUT2D eigenvalue weighted by atomic mass is 10.2. The highest BCUT2D eigenvalue weighted by Gasteiger charge is 2.27. The van der Waals surface area contributed by atoms with E-state index in [0.29, 0.717) is 15.7 Å². The number of aromatic nitrogens is 1. The van der Waals surface area contributed by atoms with Gasteiger partial charge >= 0.3 is 6.03 Å². The van der Waals surface area contributed by atoms with Crippen LogP contribution in [0.15, 0.2) is 34.5 Å². The van der Waals surface area contributed by atoms with Gasteiger partial charge in [0.1, 0.15) is 6.04 Å². The Morgan fingerprint density at radius 3 is 2.69 bits per heavy atom. The molecule has 2 heterocycles. The van der Waals surface area contributed by atoms with Gasteiger partial charge in [0.05, 0.1) is 11.4 Å². The number of fused-ring (bicyclic) bond motifs is 1. The lowest BCUT2D eigenvalue weighted by Gasteiger charge is -2.21. The zero-order valence-corrected chi connectivity index (χ0v) is 19.5. The molecule has 1 aliphatic heterocycles. The first-order valence-corrected chi connectivity index (χ1v) is 11.1. The molecule has 32 heavy (non-hydrogen) atoms. The zero-order valence-electron chi connectivity index (χ0n) is 18.0. The van der Waals surface area contributed by atoms with Crippen LogP contribution in [0.5, 0.6) is 0 Å². The summed E-state index contributed by atoms with van der Waals surface area (Å²) in [4.78, 5) is 46.3. The molecule has 1 atom stereocenters. The monoisotopic (exact) mass is 477 g/mol. The number of nitrogens with zero attached hydrogens (tertiary/aromatic N) is 5. The molecule has 10 nitrogen and oxygen atoms in total. The number of rotatable bonds is 6. The minimum atomic E-state index is -0.976. The molecule has 2 N–H and O–H groups in total. The van der Waals surface area contributed by atoms with Crippen molar-refractivity contribution >= 4 is 46.5 Å². The number of carbonyl (C=O) groups excluding carboxylic acids is 3. The first kappa shape index (κ1) is 23.8. The molecule has 170 valence electrons. The molecule has 4 amide bonds. The summed E-state index contributed by atoms with van der Waals surface area (Å²) < 4.78 is 0. The fourth-order valence-electron chi connectivity index (χ4n) is 2.99. The summed E-state index contributed by atoms with van der Waals surface area (Å²) in [6, 6.07) is 4.77. The van der Waals surface area contributed by atoms with Gasteiger partial charge in [-0.1, -0.05) is 16.7 Å². The molecule has 1 aromatic carbocycles. The lowest BCUT2D eigenvalue weighted by molar-refractivity contribution is -0.130. The Balaban J connectivity index is 1.62. The van der Waals surface area contributed by atoms with Gasteiger partial charge < -0.3 is 20.4 Å². The summed E-state index contributed by atoms with van der Waals surface area (Å²) in [5.41, 5.74) is 1.38. The van der Waals surface area contributed by atoms with Crippen LogP contribution in [0.1, 0.15) is 20.4 Å². The second-order valence-corrected chi connectivity index (χ2v) is 9.02. The number of hydrogen-bond acceptors (Lipinski definition) is 7. The standard InChI is InChI=1S/C20H24ClN7O3S/c1-27(2)19(30)15(10-22-20(31)26-25-13-6-4-12(21)5-7-13)23-17(29)18-24-14-8-9-28(3)11-16(14)32-18/h4-7,15H,8-11H2,1-3H3,(H,22,31)(H,23,29). The van der Waals surface area contributed by atoms with Crippen molar-refractivity contribution in [3.05, 3.63) is 44.9 Å². The maximum atomic E-state index is 12.8. The number of thiazole rings is 1.